The number of fused-ring (bicyclic) bond motifs is 1. The highest BCUT2D eigenvalue weighted by molar-refractivity contribution is 7.89. The molecule has 1 amide bonds. The van der Waals surface area contributed by atoms with Gasteiger partial charge in [-0.3, -0.25) is 9.69 Å². The van der Waals surface area contributed by atoms with Crippen molar-refractivity contribution in [3.05, 3.63) is 50.1 Å². The largest absolute Gasteiger partial charge is 0.337 e. The van der Waals surface area contributed by atoms with Crippen LogP contribution in [-0.2, 0) is 27.8 Å². The zero-order chi connectivity index (χ0) is 20.6. The van der Waals surface area contributed by atoms with E-state index in [0.717, 1.165) is 13.0 Å². The molecule has 0 unspecified atom stereocenters. The molecule has 156 valence electrons. The predicted molar refractivity (Wildman–Crippen MR) is 115 cm³/mol. The molecule has 0 bridgehead atoms. The van der Waals surface area contributed by atoms with Crippen molar-refractivity contribution < 1.29 is 13.2 Å². The van der Waals surface area contributed by atoms with Gasteiger partial charge in [-0.1, -0.05) is 23.2 Å². The van der Waals surface area contributed by atoms with Crippen LogP contribution in [0.15, 0.2) is 34.5 Å². The van der Waals surface area contributed by atoms with Gasteiger partial charge in [0, 0.05) is 44.1 Å². The van der Waals surface area contributed by atoms with Gasteiger partial charge in [0.2, 0.25) is 15.9 Å². The minimum Gasteiger partial charge on any atom is -0.337 e. The van der Waals surface area contributed by atoms with E-state index < -0.39 is 10.0 Å². The van der Waals surface area contributed by atoms with Gasteiger partial charge < -0.3 is 4.90 Å². The summed E-state index contributed by atoms with van der Waals surface area (Å²) in [5.41, 5.74) is 1.24. The van der Waals surface area contributed by atoms with Crippen LogP contribution in [0.2, 0.25) is 10.0 Å². The zero-order valence-electron chi connectivity index (χ0n) is 15.7. The Morgan fingerprint density at radius 1 is 1.03 bits per heavy atom. The van der Waals surface area contributed by atoms with E-state index in [1.54, 1.807) is 11.3 Å². The summed E-state index contributed by atoms with van der Waals surface area (Å²) in [6.07, 6.45) is 0.911. The lowest BCUT2D eigenvalue weighted by Crippen LogP contribution is -2.51. The third-order valence-corrected chi connectivity index (χ3v) is 9.04. The number of carbonyl (C=O) groups is 1. The van der Waals surface area contributed by atoms with Crippen LogP contribution < -0.4 is 0 Å². The summed E-state index contributed by atoms with van der Waals surface area (Å²) in [4.78, 5) is 18.1. The topological polar surface area (TPSA) is 60.9 Å². The Kier molecular flexibility index (Phi) is 6.20. The lowest BCUT2D eigenvalue weighted by Gasteiger charge is -2.35. The summed E-state index contributed by atoms with van der Waals surface area (Å²) < 4.78 is 27.1. The number of amides is 1. The van der Waals surface area contributed by atoms with Crippen molar-refractivity contribution >= 4 is 50.5 Å². The minimum atomic E-state index is -3.63. The van der Waals surface area contributed by atoms with Gasteiger partial charge in [0.15, 0.2) is 0 Å². The van der Waals surface area contributed by atoms with E-state index in [0.29, 0.717) is 44.3 Å². The number of thiophene rings is 1. The summed E-state index contributed by atoms with van der Waals surface area (Å²) in [5.74, 6) is 0.0997. The van der Waals surface area contributed by atoms with Crippen molar-refractivity contribution in [2.75, 3.05) is 39.3 Å². The molecule has 2 aliphatic rings. The van der Waals surface area contributed by atoms with E-state index in [4.69, 9.17) is 23.2 Å². The number of rotatable bonds is 4. The quantitative estimate of drug-likeness (QED) is 0.684. The van der Waals surface area contributed by atoms with E-state index in [-0.39, 0.29) is 15.8 Å². The number of carbonyl (C=O) groups excluding carboxylic acids is 1. The summed E-state index contributed by atoms with van der Waals surface area (Å²) in [6, 6.07) is 6.42. The Hall–Kier alpha value is -1.16. The first-order valence-electron chi connectivity index (χ1n) is 9.35. The monoisotopic (exact) mass is 473 g/mol. The van der Waals surface area contributed by atoms with Crippen LogP contribution in [-0.4, -0.2) is 67.7 Å². The average Bonchev–Trinajstić information content (AvgIpc) is 3.18. The van der Waals surface area contributed by atoms with Crippen LogP contribution in [0.5, 0.6) is 0 Å². The molecular weight excluding hydrogens is 453 g/mol. The minimum absolute atomic E-state index is 0.0997. The molecule has 10 heteroatoms. The van der Waals surface area contributed by atoms with Gasteiger partial charge in [-0.15, -0.1) is 11.3 Å². The van der Waals surface area contributed by atoms with Crippen LogP contribution in [0.4, 0.5) is 0 Å². The third-order valence-electron chi connectivity index (χ3n) is 5.38. The van der Waals surface area contributed by atoms with E-state index in [1.165, 1.54) is 32.9 Å². The van der Waals surface area contributed by atoms with E-state index in [9.17, 15) is 13.2 Å². The molecule has 4 rings (SSSR count). The summed E-state index contributed by atoms with van der Waals surface area (Å²) in [7, 11) is -3.63. The second kappa shape index (κ2) is 8.53. The first kappa shape index (κ1) is 21.1. The SMILES string of the molecule is O=C(CN1CCN(S(=O)(=O)c2ccc(Cl)c(Cl)c2)CC1)N1CCc2sccc2C1. The standard InChI is InChI=1S/C19H21Cl2N3O3S2/c20-16-2-1-15(11-17(16)21)29(26,27)24-8-6-22(7-9-24)13-19(25)23-5-3-18-14(12-23)4-10-28-18/h1-2,4,10-11H,3,5-9,12-13H2. The molecule has 0 saturated carbocycles. The zero-order valence-corrected chi connectivity index (χ0v) is 18.8. The van der Waals surface area contributed by atoms with Gasteiger partial charge in [0.25, 0.3) is 0 Å². The van der Waals surface area contributed by atoms with Crippen LogP contribution in [0.3, 0.4) is 0 Å². The summed E-state index contributed by atoms with van der Waals surface area (Å²) in [5, 5.41) is 2.61. The molecule has 2 aliphatic heterocycles. The third kappa shape index (κ3) is 4.47. The first-order chi connectivity index (χ1) is 13.8. The van der Waals surface area contributed by atoms with Crippen LogP contribution in [0.1, 0.15) is 10.4 Å². The van der Waals surface area contributed by atoms with Crippen molar-refractivity contribution in [3.8, 4) is 0 Å². The number of hydrogen-bond donors (Lipinski definition) is 0. The summed E-state index contributed by atoms with van der Waals surface area (Å²) in [6.45, 7) is 3.45. The Labute approximate surface area is 184 Å². The van der Waals surface area contributed by atoms with E-state index in [1.807, 2.05) is 9.80 Å². The second-order valence-electron chi connectivity index (χ2n) is 7.19. The number of halogens is 2. The van der Waals surface area contributed by atoms with Crippen molar-refractivity contribution in [3.63, 3.8) is 0 Å². The fourth-order valence-electron chi connectivity index (χ4n) is 3.67. The van der Waals surface area contributed by atoms with Gasteiger partial charge in [-0.25, -0.2) is 8.42 Å². The lowest BCUT2D eigenvalue weighted by molar-refractivity contribution is -0.133. The predicted octanol–water partition coefficient (Wildman–Crippen LogP) is 2.95. The molecule has 0 radical (unpaired) electrons. The molecule has 29 heavy (non-hydrogen) atoms. The van der Waals surface area contributed by atoms with Crippen molar-refractivity contribution in [2.24, 2.45) is 0 Å². The maximum absolute atomic E-state index is 12.8. The molecule has 0 N–H and O–H groups in total. The average molecular weight is 474 g/mol. The Balaban J connectivity index is 1.33. The molecule has 1 aromatic carbocycles. The fourth-order valence-corrected chi connectivity index (χ4v) is 6.37. The van der Waals surface area contributed by atoms with Gasteiger partial charge in [0.05, 0.1) is 21.5 Å². The van der Waals surface area contributed by atoms with Crippen molar-refractivity contribution in [1.82, 2.24) is 14.1 Å². The molecule has 0 aliphatic carbocycles. The number of nitrogens with zero attached hydrogens (tertiary/aromatic N) is 3. The summed E-state index contributed by atoms with van der Waals surface area (Å²) >= 11 is 13.6. The molecule has 0 atom stereocenters. The molecule has 1 fully saturated rings. The highest BCUT2D eigenvalue weighted by Gasteiger charge is 2.30. The van der Waals surface area contributed by atoms with Crippen LogP contribution in [0.25, 0.3) is 0 Å². The molecule has 6 nitrogen and oxygen atoms in total. The Morgan fingerprint density at radius 2 is 1.79 bits per heavy atom. The van der Waals surface area contributed by atoms with Gasteiger partial charge in [-0.2, -0.15) is 4.31 Å². The number of sulfonamides is 1. The molecular formula is C19H21Cl2N3O3S2. The maximum Gasteiger partial charge on any atom is 0.243 e. The maximum atomic E-state index is 12.8. The van der Waals surface area contributed by atoms with Gasteiger partial charge >= 0.3 is 0 Å². The molecule has 1 saturated heterocycles. The first-order valence-corrected chi connectivity index (χ1v) is 12.4. The van der Waals surface area contributed by atoms with E-state index in [2.05, 4.69) is 11.4 Å². The lowest BCUT2D eigenvalue weighted by atomic mass is 10.1. The molecule has 2 aromatic rings. The number of piperazine rings is 1. The highest BCUT2D eigenvalue weighted by Crippen LogP contribution is 2.27. The number of hydrogen-bond acceptors (Lipinski definition) is 5. The Bertz CT molecular complexity index is 1020. The van der Waals surface area contributed by atoms with Crippen molar-refractivity contribution in [2.45, 2.75) is 17.9 Å². The fraction of sp³-hybridized carbons (Fsp3) is 0.421. The van der Waals surface area contributed by atoms with Crippen LogP contribution in [0, 0.1) is 0 Å². The Morgan fingerprint density at radius 3 is 2.52 bits per heavy atom. The van der Waals surface area contributed by atoms with Crippen LogP contribution >= 0.6 is 34.5 Å². The van der Waals surface area contributed by atoms with Gasteiger partial charge in [-0.05, 0) is 41.6 Å². The number of benzene rings is 1. The highest BCUT2D eigenvalue weighted by atomic mass is 35.5. The van der Waals surface area contributed by atoms with E-state index >= 15 is 0 Å². The second-order valence-corrected chi connectivity index (χ2v) is 10.9. The molecule has 3 heterocycles. The normalized spacial score (nSPS) is 18.6. The molecule has 0 spiro atoms. The smallest absolute Gasteiger partial charge is 0.243 e. The molecule has 1 aromatic heterocycles. The van der Waals surface area contributed by atoms with Gasteiger partial charge in [0.1, 0.15) is 0 Å². The van der Waals surface area contributed by atoms with Crippen molar-refractivity contribution in [1.29, 1.82) is 0 Å².